The fourth-order valence-electron chi connectivity index (χ4n) is 4.26. The van der Waals surface area contributed by atoms with Gasteiger partial charge in [0.15, 0.2) is 11.5 Å². The van der Waals surface area contributed by atoms with Gasteiger partial charge in [0.05, 0.1) is 16.2 Å². The SMILES string of the molecule is Cc1nc(-c2c[nH]c(C(=O)NC3(c4ccc5c(c4)OCCO5)CCCC3)c2)cs1. The number of benzene rings is 1. The first-order chi connectivity index (χ1) is 14.1. The van der Waals surface area contributed by atoms with E-state index in [1.165, 1.54) is 0 Å². The summed E-state index contributed by atoms with van der Waals surface area (Å²) in [6.45, 7) is 3.10. The molecule has 1 amide bonds. The van der Waals surface area contributed by atoms with Crippen molar-refractivity contribution in [1.82, 2.24) is 15.3 Å². The molecule has 2 aromatic heterocycles. The largest absolute Gasteiger partial charge is 0.486 e. The van der Waals surface area contributed by atoms with Gasteiger partial charge in [-0.2, -0.15) is 0 Å². The lowest BCUT2D eigenvalue weighted by molar-refractivity contribution is 0.0893. The minimum absolute atomic E-state index is 0.0972. The summed E-state index contributed by atoms with van der Waals surface area (Å²) in [5.74, 6) is 1.43. The third kappa shape index (κ3) is 3.40. The lowest BCUT2D eigenvalue weighted by atomic mass is 9.87. The number of amides is 1. The van der Waals surface area contributed by atoms with E-state index in [-0.39, 0.29) is 11.4 Å². The number of hydrogen-bond acceptors (Lipinski definition) is 5. The fraction of sp³-hybridized carbons (Fsp3) is 0.364. The van der Waals surface area contributed by atoms with Crippen LogP contribution in [-0.4, -0.2) is 29.1 Å². The standard InChI is InChI=1S/C22H23N3O3S/c1-14-24-18(13-29-14)15-10-17(23-12-15)21(26)25-22(6-2-3-7-22)16-4-5-19-20(11-16)28-9-8-27-19/h4-5,10-13,23H,2-3,6-9H2,1H3,(H,25,26). The van der Waals surface area contributed by atoms with Gasteiger partial charge in [-0.3, -0.25) is 4.79 Å². The van der Waals surface area contributed by atoms with Gasteiger partial charge in [0.1, 0.15) is 18.9 Å². The molecular weight excluding hydrogens is 386 g/mol. The zero-order chi connectivity index (χ0) is 19.8. The molecule has 0 bridgehead atoms. The highest BCUT2D eigenvalue weighted by atomic mass is 32.1. The van der Waals surface area contributed by atoms with Crippen LogP contribution in [0.2, 0.25) is 0 Å². The van der Waals surface area contributed by atoms with Crippen molar-refractivity contribution in [2.45, 2.75) is 38.1 Å². The van der Waals surface area contributed by atoms with Crippen LogP contribution in [0.15, 0.2) is 35.8 Å². The number of aromatic amines is 1. The van der Waals surface area contributed by atoms with Crippen molar-refractivity contribution in [2.75, 3.05) is 13.2 Å². The third-order valence-electron chi connectivity index (χ3n) is 5.75. The first kappa shape index (κ1) is 18.2. The van der Waals surface area contributed by atoms with Crippen molar-refractivity contribution < 1.29 is 14.3 Å². The first-order valence-corrected chi connectivity index (χ1v) is 10.8. The minimum atomic E-state index is -0.380. The Hall–Kier alpha value is -2.80. The molecule has 7 heteroatoms. The average Bonchev–Trinajstić information content (AvgIpc) is 3.48. The van der Waals surface area contributed by atoms with Gasteiger partial charge in [-0.1, -0.05) is 18.9 Å². The number of thiazole rings is 1. The van der Waals surface area contributed by atoms with Gasteiger partial charge in [-0.15, -0.1) is 11.3 Å². The lowest BCUT2D eigenvalue weighted by Gasteiger charge is -2.32. The summed E-state index contributed by atoms with van der Waals surface area (Å²) in [4.78, 5) is 20.7. The Labute approximate surface area is 173 Å². The van der Waals surface area contributed by atoms with Crippen LogP contribution in [0.3, 0.4) is 0 Å². The van der Waals surface area contributed by atoms with Gasteiger partial charge < -0.3 is 19.8 Å². The van der Waals surface area contributed by atoms with Crippen molar-refractivity contribution in [3.8, 4) is 22.8 Å². The predicted octanol–water partition coefficient (Wildman–Crippen LogP) is 4.42. The highest BCUT2D eigenvalue weighted by Gasteiger charge is 2.38. The molecule has 1 aliphatic heterocycles. The van der Waals surface area contributed by atoms with E-state index in [2.05, 4.69) is 21.4 Å². The van der Waals surface area contributed by atoms with Gasteiger partial charge in [-0.25, -0.2) is 4.98 Å². The van der Waals surface area contributed by atoms with Gasteiger partial charge in [-0.05, 0) is 43.5 Å². The molecule has 0 unspecified atom stereocenters. The van der Waals surface area contributed by atoms with E-state index < -0.39 is 0 Å². The molecule has 29 heavy (non-hydrogen) atoms. The van der Waals surface area contributed by atoms with Crippen molar-refractivity contribution >= 4 is 17.2 Å². The molecule has 1 fully saturated rings. The van der Waals surface area contributed by atoms with Crippen LogP contribution < -0.4 is 14.8 Å². The molecule has 0 atom stereocenters. The molecule has 3 heterocycles. The highest BCUT2D eigenvalue weighted by molar-refractivity contribution is 7.09. The van der Waals surface area contributed by atoms with E-state index in [0.717, 1.165) is 59.0 Å². The number of carbonyl (C=O) groups is 1. The summed E-state index contributed by atoms with van der Waals surface area (Å²) in [5.41, 5.74) is 3.07. The molecule has 0 saturated heterocycles. The molecule has 0 radical (unpaired) electrons. The van der Waals surface area contributed by atoms with E-state index in [1.54, 1.807) is 11.3 Å². The summed E-state index contributed by atoms with van der Waals surface area (Å²) in [6, 6.07) is 7.90. The maximum absolute atomic E-state index is 13.1. The van der Waals surface area contributed by atoms with E-state index in [9.17, 15) is 4.79 Å². The molecule has 1 aromatic carbocycles. The van der Waals surface area contributed by atoms with Gasteiger partial charge in [0.2, 0.25) is 0 Å². The van der Waals surface area contributed by atoms with E-state index in [4.69, 9.17) is 9.47 Å². The lowest BCUT2D eigenvalue weighted by Crippen LogP contribution is -2.44. The Morgan fingerprint density at radius 3 is 2.72 bits per heavy atom. The molecular formula is C22H23N3O3S. The molecule has 1 aliphatic carbocycles. The van der Waals surface area contributed by atoms with Crippen LogP contribution in [0.1, 0.15) is 46.7 Å². The number of rotatable bonds is 4. The Morgan fingerprint density at radius 1 is 1.17 bits per heavy atom. The molecule has 2 aliphatic rings. The molecule has 150 valence electrons. The first-order valence-electron chi connectivity index (χ1n) is 9.97. The fourth-order valence-corrected chi connectivity index (χ4v) is 4.88. The number of H-pyrrole nitrogens is 1. The Balaban J connectivity index is 1.41. The van der Waals surface area contributed by atoms with E-state index in [0.29, 0.717) is 18.9 Å². The van der Waals surface area contributed by atoms with E-state index in [1.807, 2.05) is 36.7 Å². The zero-order valence-corrected chi connectivity index (χ0v) is 17.1. The second kappa shape index (κ2) is 7.22. The monoisotopic (exact) mass is 409 g/mol. The van der Waals surface area contributed by atoms with Crippen LogP contribution in [0.5, 0.6) is 11.5 Å². The summed E-state index contributed by atoms with van der Waals surface area (Å²) >= 11 is 1.60. The quantitative estimate of drug-likeness (QED) is 0.669. The number of fused-ring (bicyclic) bond motifs is 1. The number of aromatic nitrogens is 2. The maximum atomic E-state index is 13.1. The molecule has 0 spiro atoms. The summed E-state index contributed by atoms with van der Waals surface area (Å²) in [6.07, 6.45) is 5.84. The summed E-state index contributed by atoms with van der Waals surface area (Å²) in [7, 11) is 0. The van der Waals surface area contributed by atoms with Gasteiger partial charge in [0.25, 0.3) is 5.91 Å². The molecule has 3 aromatic rings. The number of hydrogen-bond donors (Lipinski definition) is 2. The van der Waals surface area contributed by atoms with Gasteiger partial charge in [0, 0.05) is 17.1 Å². The zero-order valence-electron chi connectivity index (χ0n) is 16.3. The Kier molecular flexibility index (Phi) is 4.54. The average molecular weight is 410 g/mol. The number of aryl methyl sites for hydroxylation is 1. The maximum Gasteiger partial charge on any atom is 0.268 e. The Bertz CT molecular complexity index is 1050. The van der Waals surface area contributed by atoms with Gasteiger partial charge >= 0.3 is 0 Å². The van der Waals surface area contributed by atoms with Crippen LogP contribution in [0, 0.1) is 6.92 Å². The van der Waals surface area contributed by atoms with Crippen LogP contribution in [-0.2, 0) is 5.54 Å². The summed E-state index contributed by atoms with van der Waals surface area (Å²) in [5, 5.41) is 6.34. The Morgan fingerprint density at radius 2 is 1.97 bits per heavy atom. The van der Waals surface area contributed by atoms with Crippen LogP contribution in [0.25, 0.3) is 11.3 Å². The molecule has 5 rings (SSSR count). The highest BCUT2D eigenvalue weighted by Crippen LogP contribution is 2.42. The molecule has 6 nitrogen and oxygen atoms in total. The molecule has 1 saturated carbocycles. The van der Waals surface area contributed by atoms with Crippen molar-refractivity contribution in [3.63, 3.8) is 0 Å². The predicted molar refractivity (Wildman–Crippen MR) is 112 cm³/mol. The van der Waals surface area contributed by atoms with Crippen molar-refractivity contribution in [3.05, 3.63) is 52.1 Å². The smallest absolute Gasteiger partial charge is 0.268 e. The van der Waals surface area contributed by atoms with Crippen LogP contribution >= 0.6 is 11.3 Å². The van der Waals surface area contributed by atoms with E-state index >= 15 is 0 Å². The minimum Gasteiger partial charge on any atom is -0.486 e. The van der Waals surface area contributed by atoms with Crippen LogP contribution in [0.4, 0.5) is 0 Å². The number of nitrogens with one attached hydrogen (secondary N) is 2. The van der Waals surface area contributed by atoms with Crippen molar-refractivity contribution in [2.24, 2.45) is 0 Å². The topological polar surface area (TPSA) is 76.2 Å². The number of nitrogens with zero attached hydrogens (tertiary/aromatic N) is 1. The summed E-state index contributed by atoms with van der Waals surface area (Å²) < 4.78 is 11.4. The number of ether oxygens (including phenoxy) is 2. The molecule has 2 N–H and O–H groups in total. The third-order valence-corrected chi connectivity index (χ3v) is 6.52. The second-order valence-corrected chi connectivity index (χ2v) is 8.72. The van der Waals surface area contributed by atoms with Crippen molar-refractivity contribution in [1.29, 1.82) is 0 Å². The normalized spacial score (nSPS) is 17.3. The second-order valence-electron chi connectivity index (χ2n) is 7.66. The number of carbonyl (C=O) groups excluding carboxylic acids is 1.